The van der Waals surface area contributed by atoms with Gasteiger partial charge in [-0.15, -0.1) is 0 Å². The molecule has 5 heteroatoms. The first-order valence-electron chi connectivity index (χ1n) is 5.03. The zero-order valence-electron chi connectivity index (χ0n) is 9.44. The van der Waals surface area contributed by atoms with Crippen LogP contribution in [0.3, 0.4) is 0 Å². The minimum atomic E-state index is -4.35. The van der Waals surface area contributed by atoms with E-state index in [-0.39, 0.29) is 12.2 Å². The molecule has 1 nitrogen and oxygen atoms in total. The predicted molar refractivity (Wildman–Crippen MR) is 63.3 cm³/mol. The Bertz CT molecular complexity index is 426. The summed E-state index contributed by atoms with van der Waals surface area (Å²) in [5, 5.41) is 0. The molecule has 94 valence electrons. The lowest BCUT2D eigenvalue weighted by Gasteiger charge is -2.13. The molecule has 0 radical (unpaired) electrons. The van der Waals surface area contributed by atoms with E-state index in [1.165, 1.54) is 13.0 Å². The number of hydrogen-bond acceptors (Lipinski definition) is 1. The number of halogens is 4. The SMILES string of the molecule is CC(=O)C(Br)Cc1cc(C(F)(F)F)ccc1C. The fourth-order valence-electron chi connectivity index (χ4n) is 1.40. The minimum absolute atomic E-state index is 0.0955. The van der Waals surface area contributed by atoms with Crippen molar-refractivity contribution in [2.45, 2.75) is 31.3 Å². The van der Waals surface area contributed by atoms with Crippen molar-refractivity contribution in [3.8, 4) is 0 Å². The van der Waals surface area contributed by atoms with E-state index in [4.69, 9.17) is 0 Å². The first-order valence-corrected chi connectivity index (χ1v) is 5.94. The van der Waals surface area contributed by atoms with Crippen molar-refractivity contribution in [3.05, 3.63) is 34.9 Å². The van der Waals surface area contributed by atoms with Crippen LogP contribution < -0.4 is 0 Å². The van der Waals surface area contributed by atoms with Crippen LogP contribution in [0.4, 0.5) is 13.2 Å². The second-order valence-electron chi connectivity index (χ2n) is 3.92. The maximum Gasteiger partial charge on any atom is 0.416 e. The zero-order chi connectivity index (χ0) is 13.2. The van der Waals surface area contributed by atoms with Crippen LogP contribution in [0, 0.1) is 6.92 Å². The van der Waals surface area contributed by atoms with Gasteiger partial charge in [-0.1, -0.05) is 22.0 Å². The molecule has 0 fully saturated rings. The third kappa shape index (κ3) is 3.84. The standard InChI is InChI=1S/C12H12BrF3O/c1-7-3-4-10(12(14,15)16)5-9(7)6-11(13)8(2)17/h3-5,11H,6H2,1-2H3. The van der Waals surface area contributed by atoms with E-state index in [1.54, 1.807) is 6.92 Å². The van der Waals surface area contributed by atoms with Crippen molar-refractivity contribution in [1.82, 2.24) is 0 Å². The van der Waals surface area contributed by atoms with Gasteiger partial charge in [-0.3, -0.25) is 4.79 Å². The number of aryl methyl sites for hydroxylation is 1. The highest BCUT2D eigenvalue weighted by atomic mass is 79.9. The van der Waals surface area contributed by atoms with Crippen molar-refractivity contribution in [2.75, 3.05) is 0 Å². The molecular weight excluding hydrogens is 297 g/mol. The Hall–Kier alpha value is -0.840. The third-order valence-electron chi connectivity index (χ3n) is 2.52. The molecule has 0 aliphatic carbocycles. The molecule has 0 saturated heterocycles. The quantitative estimate of drug-likeness (QED) is 0.774. The number of carbonyl (C=O) groups excluding carboxylic acids is 1. The van der Waals surface area contributed by atoms with Crippen LogP contribution in [-0.4, -0.2) is 10.6 Å². The Morgan fingerprint density at radius 1 is 1.41 bits per heavy atom. The monoisotopic (exact) mass is 308 g/mol. The fraction of sp³-hybridized carbons (Fsp3) is 0.417. The molecule has 17 heavy (non-hydrogen) atoms. The minimum Gasteiger partial charge on any atom is -0.299 e. The molecule has 0 aliphatic rings. The molecule has 0 N–H and O–H groups in total. The predicted octanol–water partition coefficient (Wildman–Crippen LogP) is 3.91. The summed E-state index contributed by atoms with van der Waals surface area (Å²) in [6, 6.07) is 3.58. The van der Waals surface area contributed by atoms with Crippen LogP contribution in [0.2, 0.25) is 0 Å². The molecular formula is C12H12BrF3O. The Balaban J connectivity index is 3.03. The number of ketones is 1. The van der Waals surface area contributed by atoms with Crippen molar-refractivity contribution < 1.29 is 18.0 Å². The summed E-state index contributed by atoms with van der Waals surface area (Å²) < 4.78 is 37.6. The molecule has 0 spiro atoms. The van der Waals surface area contributed by atoms with Crippen molar-refractivity contribution in [1.29, 1.82) is 0 Å². The van der Waals surface area contributed by atoms with E-state index in [0.29, 0.717) is 5.56 Å². The Morgan fingerprint density at radius 3 is 2.47 bits per heavy atom. The molecule has 1 aromatic rings. The van der Waals surface area contributed by atoms with Gasteiger partial charge in [-0.25, -0.2) is 0 Å². The Morgan fingerprint density at radius 2 is 2.00 bits per heavy atom. The normalized spacial score (nSPS) is 13.5. The number of rotatable bonds is 3. The van der Waals surface area contributed by atoms with Gasteiger partial charge in [0.15, 0.2) is 0 Å². The van der Waals surface area contributed by atoms with E-state index >= 15 is 0 Å². The van der Waals surface area contributed by atoms with Crippen LogP contribution in [-0.2, 0) is 17.4 Å². The maximum atomic E-state index is 12.5. The lowest BCUT2D eigenvalue weighted by molar-refractivity contribution is -0.137. The summed E-state index contributed by atoms with van der Waals surface area (Å²) in [6.45, 7) is 3.14. The highest BCUT2D eigenvalue weighted by Crippen LogP contribution is 2.31. The van der Waals surface area contributed by atoms with Gasteiger partial charge in [0, 0.05) is 0 Å². The third-order valence-corrected chi connectivity index (χ3v) is 3.49. The van der Waals surface area contributed by atoms with E-state index in [1.807, 2.05) is 0 Å². The van der Waals surface area contributed by atoms with Gasteiger partial charge < -0.3 is 0 Å². The molecule has 1 aromatic carbocycles. The maximum absolute atomic E-state index is 12.5. The van der Waals surface area contributed by atoms with Crippen molar-refractivity contribution >= 4 is 21.7 Å². The molecule has 0 aliphatic heterocycles. The van der Waals surface area contributed by atoms with Crippen molar-refractivity contribution in [3.63, 3.8) is 0 Å². The first-order chi connectivity index (χ1) is 7.71. The van der Waals surface area contributed by atoms with Crippen LogP contribution in [0.5, 0.6) is 0 Å². The van der Waals surface area contributed by atoms with Gasteiger partial charge in [0.05, 0.1) is 10.4 Å². The second-order valence-corrected chi connectivity index (χ2v) is 5.03. The highest BCUT2D eigenvalue weighted by molar-refractivity contribution is 9.10. The summed E-state index contributed by atoms with van der Waals surface area (Å²) in [7, 11) is 0. The van der Waals surface area contributed by atoms with Crippen LogP contribution in [0.1, 0.15) is 23.6 Å². The zero-order valence-corrected chi connectivity index (χ0v) is 11.0. The number of alkyl halides is 4. The summed E-state index contributed by atoms with van der Waals surface area (Å²) in [5.74, 6) is -0.0955. The number of Topliss-reactive ketones (excluding diaryl/α,β-unsaturated/α-hetero) is 1. The van der Waals surface area contributed by atoms with E-state index in [9.17, 15) is 18.0 Å². The summed E-state index contributed by atoms with van der Waals surface area (Å²) in [5.41, 5.74) is 0.613. The van der Waals surface area contributed by atoms with Crippen LogP contribution in [0.25, 0.3) is 0 Å². The molecule has 1 unspecified atom stereocenters. The Kier molecular flexibility index (Phi) is 4.36. The largest absolute Gasteiger partial charge is 0.416 e. The molecule has 1 rings (SSSR count). The van der Waals surface area contributed by atoms with Gasteiger partial charge in [0.1, 0.15) is 5.78 Å². The summed E-state index contributed by atoms with van der Waals surface area (Å²) in [4.78, 5) is 10.6. The average Bonchev–Trinajstić information content (AvgIpc) is 2.19. The second kappa shape index (κ2) is 5.21. The smallest absolute Gasteiger partial charge is 0.299 e. The molecule has 0 aromatic heterocycles. The van der Waals surface area contributed by atoms with Crippen LogP contribution >= 0.6 is 15.9 Å². The van der Waals surface area contributed by atoms with Crippen molar-refractivity contribution in [2.24, 2.45) is 0 Å². The fourth-order valence-corrected chi connectivity index (χ4v) is 1.75. The highest BCUT2D eigenvalue weighted by Gasteiger charge is 2.30. The topological polar surface area (TPSA) is 17.1 Å². The van der Waals surface area contributed by atoms with E-state index in [0.717, 1.165) is 17.7 Å². The molecule has 0 bridgehead atoms. The summed E-state index contributed by atoms with van der Waals surface area (Å²) >= 11 is 3.16. The first kappa shape index (κ1) is 14.2. The summed E-state index contributed by atoms with van der Waals surface area (Å²) in [6.07, 6.45) is -4.08. The van der Waals surface area contributed by atoms with E-state index in [2.05, 4.69) is 15.9 Å². The van der Waals surface area contributed by atoms with E-state index < -0.39 is 16.6 Å². The molecule has 1 atom stereocenters. The van der Waals surface area contributed by atoms with Crippen LogP contribution in [0.15, 0.2) is 18.2 Å². The lowest BCUT2D eigenvalue weighted by Crippen LogP contribution is -2.14. The van der Waals surface area contributed by atoms with Gasteiger partial charge >= 0.3 is 6.18 Å². The van der Waals surface area contributed by atoms with Gasteiger partial charge in [0.25, 0.3) is 0 Å². The van der Waals surface area contributed by atoms with Gasteiger partial charge in [0.2, 0.25) is 0 Å². The van der Waals surface area contributed by atoms with Gasteiger partial charge in [-0.2, -0.15) is 13.2 Å². The number of carbonyl (C=O) groups is 1. The van der Waals surface area contributed by atoms with Gasteiger partial charge in [-0.05, 0) is 43.5 Å². The molecule has 0 heterocycles. The molecule has 0 amide bonds. The number of hydrogen-bond donors (Lipinski definition) is 0. The molecule has 0 saturated carbocycles. The Labute approximate surface area is 106 Å². The average molecular weight is 309 g/mol. The number of benzene rings is 1. The lowest BCUT2D eigenvalue weighted by atomic mass is 10.00.